The highest BCUT2D eigenvalue weighted by atomic mass is 19.1. The lowest BCUT2D eigenvalue weighted by Gasteiger charge is -2.30. The molecule has 0 radical (unpaired) electrons. The molecule has 0 aliphatic heterocycles. The number of unbranched alkanes of at least 4 members (excludes halogenated alkanes) is 1. The van der Waals surface area contributed by atoms with E-state index in [1.165, 1.54) is 24.0 Å². The Labute approximate surface area is 154 Å². The SMILES string of the molecule is CCCCNC(=O)[C@@H](c1ccccc1)N(Cc1ccc(F)cc1)C(C)=O. The maximum Gasteiger partial charge on any atom is 0.247 e. The van der Waals surface area contributed by atoms with Crippen LogP contribution in [0.5, 0.6) is 0 Å². The molecule has 138 valence electrons. The van der Waals surface area contributed by atoms with E-state index in [9.17, 15) is 14.0 Å². The third-order valence-corrected chi connectivity index (χ3v) is 4.18. The molecule has 0 aliphatic rings. The molecule has 0 spiro atoms. The fraction of sp³-hybridized carbons (Fsp3) is 0.333. The second-order valence-electron chi connectivity index (χ2n) is 6.23. The summed E-state index contributed by atoms with van der Waals surface area (Å²) >= 11 is 0. The van der Waals surface area contributed by atoms with Crippen molar-refractivity contribution in [2.24, 2.45) is 0 Å². The van der Waals surface area contributed by atoms with Crippen molar-refractivity contribution >= 4 is 11.8 Å². The molecule has 2 rings (SSSR count). The Morgan fingerprint density at radius 1 is 1.08 bits per heavy atom. The molecule has 0 bridgehead atoms. The monoisotopic (exact) mass is 356 g/mol. The van der Waals surface area contributed by atoms with Crippen LogP contribution in [0.1, 0.15) is 43.9 Å². The molecule has 0 heterocycles. The molecule has 2 aromatic rings. The van der Waals surface area contributed by atoms with Crippen molar-refractivity contribution in [1.82, 2.24) is 10.2 Å². The van der Waals surface area contributed by atoms with Gasteiger partial charge in [0.25, 0.3) is 0 Å². The van der Waals surface area contributed by atoms with Gasteiger partial charge in [0.2, 0.25) is 11.8 Å². The summed E-state index contributed by atoms with van der Waals surface area (Å²) in [5, 5.41) is 2.92. The predicted molar refractivity (Wildman–Crippen MR) is 99.7 cm³/mol. The first-order chi connectivity index (χ1) is 12.5. The van der Waals surface area contributed by atoms with E-state index in [0.29, 0.717) is 6.54 Å². The standard InChI is InChI=1S/C21H25FN2O2/c1-3-4-14-23-21(26)20(18-8-6-5-7-9-18)24(16(2)25)15-17-10-12-19(22)13-11-17/h5-13,20H,3-4,14-15H2,1-2H3,(H,23,26)/t20-/m1/s1. The molecule has 4 nitrogen and oxygen atoms in total. The number of amides is 2. The number of rotatable bonds is 8. The lowest BCUT2D eigenvalue weighted by atomic mass is 10.0. The summed E-state index contributed by atoms with van der Waals surface area (Å²) in [4.78, 5) is 26.7. The van der Waals surface area contributed by atoms with Crippen LogP contribution in [0.3, 0.4) is 0 Å². The number of carbonyl (C=O) groups excluding carboxylic acids is 2. The van der Waals surface area contributed by atoms with Crippen LogP contribution >= 0.6 is 0 Å². The number of nitrogens with zero attached hydrogens (tertiary/aromatic N) is 1. The van der Waals surface area contributed by atoms with E-state index in [-0.39, 0.29) is 24.2 Å². The van der Waals surface area contributed by atoms with E-state index in [1.807, 2.05) is 30.3 Å². The van der Waals surface area contributed by atoms with Crippen molar-refractivity contribution in [3.63, 3.8) is 0 Å². The lowest BCUT2D eigenvalue weighted by Crippen LogP contribution is -2.42. The number of hydrogen-bond acceptors (Lipinski definition) is 2. The Balaban J connectivity index is 2.30. The van der Waals surface area contributed by atoms with Crippen LogP contribution in [0.25, 0.3) is 0 Å². The lowest BCUT2D eigenvalue weighted by molar-refractivity contribution is -0.140. The molecule has 0 fully saturated rings. The second-order valence-corrected chi connectivity index (χ2v) is 6.23. The van der Waals surface area contributed by atoms with E-state index in [4.69, 9.17) is 0 Å². The summed E-state index contributed by atoms with van der Waals surface area (Å²) in [6.07, 6.45) is 1.85. The first-order valence-corrected chi connectivity index (χ1v) is 8.87. The van der Waals surface area contributed by atoms with Crippen molar-refractivity contribution in [3.8, 4) is 0 Å². The van der Waals surface area contributed by atoms with Gasteiger partial charge in [0.05, 0.1) is 0 Å². The highest BCUT2D eigenvalue weighted by molar-refractivity contribution is 5.88. The Bertz CT molecular complexity index is 717. The van der Waals surface area contributed by atoms with Crippen molar-refractivity contribution in [2.45, 2.75) is 39.3 Å². The topological polar surface area (TPSA) is 49.4 Å². The summed E-state index contributed by atoms with van der Waals surface area (Å²) in [7, 11) is 0. The van der Waals surface area contributed by atoms with Crippen molar-refractivity contribution in [1.29, 1.82) is 0 Å². The highest BCUT2D eigenvalue weighted by Gasteiger charge is 2.29. The third kappa shape index (κ3) is 5.41. The maximum absolute atomic E-state index is 13.2. The summed E-state index contributed by atoms with van der Waals surface area (Å²) in [5.41, 5.74) is 1.52. The molecular weight excluding hydrogens is 331 g/mol. The largest absolute Gasteiger partial charge is 0.354 e. The van der Waals surface area contributed by atoms with E-state index in [2.05, 4.69) is 12.2 Å². The van der Waals surface area contributed by atoms with Crippen LogP contribution in [-0.2, 0) is 16.1 Å². The summed E-state index contributed by atoms with van der Waals surface area (Å²) in [6.45, 7) is 4.30. The average Bonchev–Trinajstić information content (AvgIpc) is 2.64. The van der Waals surface area contributed by atoms with E-state index in [0.717, 1.165) is 24.0 Å². The molecule has 5 heteroatoms. The molecule has 2 amide bonds. The highest BCUT2D eigenvalue weighted by Crippen LogP contribution is 2.24. The van der Waals surface area contributed by atoms with E-state index in [1.54, 1.807) is 12.1 Å². The van der Waals surface area contributed by atoms with Crippen LogP contribution < -0.4 is 5.32 Å². The minimum absolute atomic E-state index is 0.207. The summed E-state index contributed by atoms with van der Waals surface area (Å²) < 4.78 is 13.2. The van der Waals surface area contributed by atoms with Gasteiger partial charge in [-0.15, -0.1) is 0 Å². The molecule has 1 N–H and O–H groups in total. The van der Waals surface area contributed by atoms with Gasteiger partial charge in [-0.3, -0.25) is 9.59 Å². The van der Waals surface area contributed by atoms with Crippen molar-refractivity contribution in [3.05, 3.63) is 71.5 Å². The summed E-state index contributed by atoms with van der Waals surface area (Å²) in [5.74, 6) is -0.754. The van der Waals surface area contributed by atoms with Gasteiger partial charge < -0.3 is 10.2 Å². The van der Waals surface area contributed by atoms with Gasteiger partial charge in [0.15, 0.2) is 0 Å². The van der Waals surface area contributed by atoms with Gasteiger partial charge in [0.1, 0.15) is 11.9 Å². The van der Waals surface area contributed by atoms with Crippen LogP contribution in [0, 0.1) is 5.82 Å². The average molecular weight is 356 g/mol. The Morgan fingerprint density at radius 2 is 1.73 bits per heavy atom. The minimum Gasteiger partial charge on any atom is -0.354 e. The summed E-state index contributed by atoms with van der Waals surface area (Å²) in [6, 6.07) is 14.5. The first kappa shape index (κ1) is 19.6. The normalized spacial score (nSPS) is 11.7. The molecule has 0 aromatic heterocycles. The van der Waals surface area contributed by atoms with Gasteiger partial charge in [-0.2, -0.15) is 0 Å². The van der Waals surface area contributed by atoms with Gasteiger partial charge >= 0.3 is 0 Å². The Morgan fingerprint density at radius 3 is 2.31 bits per heavy atom. The molecule has 0 unspecified atom stereocenters. The first-order valence-electron chi connectivity index (χ1n) is 8.87. The molecular formula is C21H25FN2O2. The zero-order valence-electron chi connectivity index (χ0n) is 15.2. The van der Waals surface area contributed by atoms with Gasteiger partial charge in [-0.05, 0) is 29.7 Å². The van der Waals surface area contributed by atoms with Crippen LogP contribution in [0.2, 0.25) is 0 Å². The number of carbonyl (C=O) groups is 2. The minimum atomic E-state index is -0.726. The predicted octanol–water partition coefficient (Wildman–Crippen LogP) is 3.83. The quantitative estimate of drug-likeness (QED) is 0.731. The second kappa shape index (κ2) is 9.70. The maximum atomic E-state index is 13.2. The third-order valence-electron chi connectivity index (χ3n) is 4.18. The van der Waals surface area contributed by atoms with E-state index >= 15 is 0 Å². The number of hydrogen-bond donors (Lipinski definition) is 1. The van der Waals surface area contributed by atoms with Gasteiger partial charge in [0, 0.05) is 20.0 Å². The molecule has 0 saturated carbocycles. The van der Waals surface area contributed by atoms with Gasteiger partial charge in [-0.25, -0.2) is 4.39 Å². The Kier molecular flexibility index (Phi) is 7.33. The Hall–Kier alpha value is -2.69. The van der Waals surface area contributed by atoms with E-state index < -0.39 is 6.04 Å². The zero-order valence-corrected chi connectivity index (χ0v) is 15.2. The smallest absolute Gasteiger partial charge is 0.247 e. The number of halogens is 1. The van der Waals surface area contributed by atoms with Crippen LogP contribution in [-0.4, -0.2) is 23.3 Å². The molecule has 2 aromatic carbocycles. The molecule has 0 aliphatic carbocycles. The van der Waals surface area contributed by atoms with Crippen LogP contribution in [0.4, 0.5) is 4.39 Å². The zero-order chi connectivity index (χ0) is 18.9. The fourth-order valence-electron chi connectivity index (χ4n) is 2.76. The van der Waals surface area contributed by atoms with Gasteiger partial charge in [-0.1, -0.05) is 55.8 Å². The molecule has 1 atom stereocenters. The molecule has 0 saturated heterocycles. The molecule has 26 heavy (non-hydrogen) atoms. The van der Waals surface area contributed by atoms with Crippen molar-refractivity contribution in [2.75, 3.05) is 6.54 Å². The van der Waals surface area contributed by atoms with Crippen molar-refractivity contribution < 1.29 is 14.0 Å². The number of benzene rings is 2. The fourth-order valence-corrected chi connectivity index (χ4v) is 2.76. The van der Waals surface area contributed by atoms with Crippen LogP contribution in [0.15, 0.2) is 54.6 Å². The number of nitrogens with one attached hydrogen (secondary N) is 1.